The van der Waals surface area contributed by atoms with E-state index >= 15 is 0 Å². The summed E-state index contributed by atoms with van der Waals surface area (Å²) in [5.41, 5.74) is -0.747. The summed E-state index contributed by atoms with van der Waals surface area (Å²) in [5.74, 6) is -0.0515. The van der Waals surface area contributed by atoms with Gasteiger partial charge in [0, 0.05) is 12.5 Å². The van der Waals surface area contributed by atoms with E-state index in [0.717, 1.165) is 6.07 Å². The van der Waals surface area contributed by atoms with Crippen LogP contribution in [0.3, 0.4) is 0 Å². The first-order chi connectivity index (χ1) is 10.9. The summed E-state index contributed by atoms with van der Waals surface area (Å²) in [6.45, 7) is 0. The molecule has 0 bridgehead atoms. The van der Waals surface area contributed by atoms with Crippen LogP contribution in [-0.2, 0) is 17.4 Å². The number of hydrogen-bond acceptors (Lipinski definition) is 3. The van der Waals surface area contributed by atoms with E-state index in [1.807, 2.05) is 0 Å². The van der Waals surface area contributed by atoms with E-state index < -0.39 is 17.6 Å². The zero-order chi connectivity index (χ0) is 16.9. The number of nitrogens with one attached hydrogen (secondary N) is 1. The van der Waals surface area contributed by atoms with Gasteiger partial charge in [-0.1, -0.05) is 30.4 Å². The molecule has 120 valence electrons. The van der Waals surface area contributed by atoms with Gasteiger partial charge in [0.15, 0.2) is 0 Å². The fraction of sp³-hybridized carbons (Fsp3) is 0.125. The Morgan fingerprint density at radius 3 is 2.61 bits per heavy atom. The van der Waals surface area contributed by atoms with Gasteiger partial charge in [-0.05, 0) is 29.8 Å². The van der Waals surface area contributed by atoms with Gasteiger partial charge < -0.3 is 9.73 Å². The zero-order valence-electron chi connectivity index (χ0n) is 11.8. The van der Waals surface area contributed by atoms with Gasteiger partial charge in [-0.3, -0.25) is 4.79 Å². The van der Waals surface area contributed by atoms with E-state index in [9.17, 15) is 18.0 Å². The summed E-state index contributed by atoms with van der Waals surface area (Å²) >= 11 is 4.95. The first-order valence-electron chi connectivity index (χ1n) is 6.57. The largest absolute Gasteiger partial charge is 0.465 e. The van der Waals surface area contributed by atoms with Crippen molar-refractivity contribution in [3.05, 3.63) is 65.6 Å². The standard InChI is InChI=1S/C16H12F3NO2S/c17-16(18,19)13-6-2-1-4-11(13)10-15(23)20-14(21)8-7-12-5-3-9-22-12/h1-9H,10H2,(H,20,21,23)/b8-7+. The first-order valence-corrected chi connectivity index (χ1v) is 6.97. The summed E-state index contributed by atoms with van der Waals surface area (Å²) < 4.78 is 43.7. The summed E-state index contributed by atoms with van der Waals surface area (Å²) in [4.78, 5) is 11.7. The summed E-state index contributed by atoms with van der Waals surface area (Å²) in [5, 5.41) is 2.37. The van der Waals surface area contributed by atoms with Gasteiger partial charge in [-0.25, -0.2) is 0 Å². The molecule has 0 aliphatic heterocycles. The van der Waals surface area contributed by atoms with Crippen molar-refractivity contribution in [1.29, 1.82) is 0 Å². The van der Waals surface area contributed by atoms with Crippen molar-refractivity contribution in [2.75, 3.05) is 0 Å². The number of amides is 1. The molecule has 23 heavy (non-hydrogen) atoms. The Morgan fingerprint density at radius 2 is 1.96 bits per heavy atom. The molecule has 2 rings (SSSR count). The maximum absolute atomic E-state index is 12.9. The molecule has 2 aromatic rings. The van der Waals surface area contributed by atoms with Crippen LogP contribution in [0.1, 0.15) is 16.9 Å². The molecule has 0 aliphatic rings. The van der Waals surface area contributed by atoms with Gasteiger partial charge in [-0.2, -0.15) is 13.2 Å². The molecular formula is C16H12F3NO2S. The second-order valence-corrected chi connectivity index (χ2v) is 5.09. The number of benzene rings is 1. The predicted molar refractivity (Wildman–Crippen MR) is 83.6 cm³/mol. The monoisotopic (exact) mass is 339 g/mol. The average Bonchev–Trinajstić information content (AvgIpc) is 2.97. The Bertz CT molecular complexity index is 721. The molecule has 1 heterocycles. The molecule has 0 saturated heterocycles. The van der Waals surface area contributed by atoms with Crippen molar-refractivity contribution in [2.45, 2.75) is 12.6 Å². The average molecular weight is 339 g/mol. The van der Waals surface area contributed by atoms with Crippen molar-refractivity contribution >= 4 is 29.2 Å². The molecule has 0 unspecified atom stereocenters. The van der Waals surface area contributed by atoms with E-state index in [2.05, 4.69) is 5.32 Å². The van der Waals surface area contributed by atoms with E-state index in [1.165, 1.54) is 36.6 Å². The topological polar surface area (TPSA) is 42.2 Å². The third-order valence-electron chi connectivity index (χ3n) is 2.88. The van der Waals surface area contributed by atoms with Crippen LogP contribution in [0.2, 0.25) is 0 Å². The number of furan rings is 1. The molecule has 1 aromatic heterocycles. The number of carbonyl (C=O) groups is 1. The zero-order valence-corrected chi connectivity index (χ0v) is 12.6. The quantitative estimate of drug-likeness (QED) is 0.676. The highest BCUT2D eigenvalue weighted by Crippen LogP contribution is 2.32. The summed E-state index contributed by atoms with van der Waals surface area (Å²) in [6, 6.07) is 8.43. The normalized spacial score (nSPS) is 11.6. The Labute approximate surface area is 135 Å². The molecule has 0 saturated carbocycles. The fourth-order valence-corrected chi connectivity index (χ4v) is 2.15. The number of rotatable bonds is 4. The molecule has 3 nitrogen and oxygen atoms in total. The maximum Gasteiger partial charge on any atom is 0.416 e. The molecule has 0 aliphatic carbocycles. The molecule has 1 amide bonds. The molecule has 0 radical (unpaired) electrons. The highest BCUT2D eigenvalue weighted by atomic mass is 32.1. The van der Waals surface area contributed by atoms with E-state index in [4.69, 9.17) is 16.6 Å². The van der Waals surface area contributed by atoms with E-state index in [-0.39, 0.29) is 17.0 Å². The highest BCUT2D eigenvalue weighted by molar-refractivity contribution is 7.80. The van der Waals surface area contributed by atoms with E-state index in [0.29, 0.717) is 5.76 Å². The molecule has 0 atom stereocenters. The molecule has 7 heteroatoms. The molecule has 1 N–H and O–H groups in total. The second-order valence-electron chi connectivity index (χ2n) is 4.59. The lowest BCUT2D eigenvalue weighted by Crippen LogP contribution is -2.29. The van der Waals surface area contributed by atoms with Gasteiger partial charge in [-0.15, -0.1) is 0 Å². The van der Waals surface area contributed by atoms with Crippen LogP contribution in [0.5, 0.6) is 0 Å². The minimum Gasteiger partial charge on any atom is -0.465 e. The molecular weight excluding hydrogens is 327 g/mol. The number of thiocarbonyl (C=S) groups is 1. The number of alkyl halides is 3. The highest BCUT2D eigenvalue weighted by Gasteiger charge is 2.32. The molecule has 0 spiro atoms. The van der Waals surface area contributed by atoms with Crippen LogP contribution in [0.25, 0.3) is 6.08 Å². The van der Waals surface area contributed by atoms with Crippen molar-refractivity contribution in [3.8, 4) is 0 Å². The first kappa shape index (κ1) is 17.0. The Balaban J connectivity index is 1.99. The van der Waals surface area contributed by atoms with Crippen LogP contribution in [-0.4, -0.2) is 10.9 Å². The Morgan fingerprint density at radius 1 is 1.22 bits per heavy atom. The van der Waals surface area contributed by atoms with Gasteiger partial charge >= 0.3 is 6.18 Å². The maximum atomic E-state index is 12.9. The van der Waals surface area contributed by atoms with Crippen molar-refractivity contribution in [1.82, 2.24) is 5.32 Å². The van der Waals surface area contributed by atoms with Crippen molar-refractivity contribution in [3.63, 3.8) is 0 Å². The van der Waals surface area contributed by atoms with Crippen molar-refractivity contribution < 1.29 is 22.4 Å². The summed E-state index contributed by atoms with van der Waals surface area (Å²) in [7, 11) is 0. The number of halogens is 3. The van der Waals surface area contributed by atoms with Crippen LogP contribution in [0.15, 0.2) is 53.2 Å². The van der Waals surface area contributed by atoms with Gasteiger partial charge in [0.05, 0.1) is 16.8 Å². The van der Waals surface area contributed by atoms with Crippen LogP contribution >= 0.6 is 12.2 Å². The lowest BCUT2D eigenvalue weighted by molar-refractivity contribution is -0.138. The second kappa shape index (κ2) is 7.23. The van der Waals surface area contributed by atoms with Crippen molar-refractivity contribution in [2.24, 2.45) is 0 Å². The minimum atomic E-state index is -4.46. The fourth-order valence-electron chi connectivity index (χ4n) is 1.89. The lowest BCUT2D eigenvalue weighted by atomic mass is 10.0. The number of hydrogen-bond donors (Lipinski definition) is 1. The third-order valence-corrected chi connectivity index (χ3v) is 3.12. The van der Waals surface area contributed by atoms with Crippen LogP contribution in [0.4, 0.5) is 13.2 Å². The number of carbonyl (C=O) groups excluding carboxylic acids is 1. The summed E-state index contributed by atoms with van der Waals surface area (Å²) in [6.07, 6.45) is -0.556. The van der Waals surface area contributed by atoms with E-state index in [1.54, 1.807) is 12.1 Å². The lowest BCUT2D eigenvalue weighted by Gasteiger charge is -2.13. The molecule has 1 aromatic carbocycles. The van der Waals surface area contributed by atoms with Gasteiger partial charge in [0.2, 0.25) is 5.91 Å². The predicted octanol–water partition coefficient (Wildman–Crippen LogP) is 4.00. The minimum absolute atomic E-state index is 0.01000. The van der Waals surface area contributed by atoms with Gasteiger partial charge in [0.25, 0.3) is 0 Å². The van der Waals surface area contributed by atoms with Crippen LogP contribution in [0, 0.1) is 0 Å². The SMILES string of the molecule is O=C(/C=C/c1ccco1)NC(=S)Cc1ccccc1C(F)(F)F. The smallest absolute Gasteiger partial charge is 0.416 e. The Hall–Kier alpha value is -2.41. The third kappa shape index (κ3) is 5.07. The van der Waals surface area contributed by atoms with Crippen LogP contribution < -0.4 is 5.32 Å². The Kier molecular flexibility index (Phi) is 5.33. The van der Waals surface area contributed by atoms with Gasteiger partial charge in [0.1, 0.15) is 5.76 Å². The molecule has 0 fully saturated rings.